The van der Waals surface area contributed by atoms with Gasteiger partial charge in [0.1, 0.15) is 5.76 Å². The van der Waals surface area contributed by atoms with Crippen molar-refractivity contribution in [2.75, 3.05) is 16.8 Å². The number of carbonyl (C=O) groups excluding carboxylic acids is 4. The number of imide groups is 1. The molecule has 3 amide bonds. The first-order valence-electron chi connectivity index (χ1n) is 10.4. The Balaban J connectivity index is 1.22. The molecule has 2 fully saturated rings. The molecular formula is C23H21N3O6. The van der Waals surface area contributed by atoms with Crippen LogP contribution in [-0.4, -0.2) is 35.5 Å². The minimum atomic E-state index is -0.697. The summed E-state index contributed by atoms with van der Waals surface area (Å²) in [6.45, 7) is 3.22. The van der Waals surface area contributed by atoms with Gasteiger partial charge in [-0.3, -0.25) is 19.3 Å². The van der Waals surface area contributed by atoms with Gasteiger partial charge in [0, 0.05) is 6.07 Å². The van der Waals surface area contributed by atoms with Gasteiger partial charge in [0.15, 0.2) is 12.4 Å². The average Bonchev–Trinajstić information content (AvgIpc) is 3.50. The lowest BCUT2D eigenvalue weighted by atomic mass is 9.82. The Bertz CT molecular complexity index is 1160. The van der Waals surface area contributed by atoms with Crippen molar-refractivity contribution in [2.45, 2.75) is 20.3 Å². The van der Waals surface area contributed by atoms with E-state index >= 15 is 0 Å². The largest absolute Gasteiger partial charge is 0.452 e. The molecule has 1 saturated carbocycles. The lowest BCUT2D eigenvalue weighted by Gasteiger charge is -2.19. The van der Waals surface area contributed by atoms with Crippen molar-refractivity contribution in [1.82, 2.24) is 5.16 Å². The number of carbonyl (C=O) groups is 4. The number of rotatable bonds is 5. The second-order valence-electron chi connectivity index (χ2n) is 8.47. The van der Waals surface area contributed by atoms with Crippen molar-refractivity contribution in [3.8, 4) is 0 Å². The van der Waals surface area contributed by atoms with Crippen molar-refractivity contribution in [1.29, 1.82) is 0 Å². The first-order valence-corrected chi connectivity index (χ1v) is 10.4. The van der Waals surface area contributed by atoms with Gasteiger partial charge in [-0.2, -0.15) is 0 Å². The van der Waals surface area contributed by atoms with Crippen molar-refractivity contribution in [2.24, 2.45) is 23.7 Å². The summed E-state index contributed by atoms with van der Waals surface area (Å²) in [4.78, 5) is 51.4. The van der Waals surface area contributed by atoms with Gasteiger partial charge in [0.25, 0.3) is 5.91 Å². The van der Waals surface area contributed by atoms with Crippen LogP contribution in [0.2, 0.25) is 0 Å². The van der Waals surface area contributed by atoms with Gasteiger partial charge in [-0.15, -0.1) is 0 Å². The Kier molecular flexibility index (Phi) is 4.69. The highest BCUT2D eigenvalue weighted by Gasteiger charge is 2.60. The third kappa shape index (κ3) is 3.21. The first-order chi connectivity index (χ1) is 15.3. The van der Waals surface area contributed by atoms with Crippen LogP contribution in [0.3, 0.4) is 0 Å². The molecule has 32 heavy (non-hydrogen) atoms. The molecule has 1 aromatic heterocycles. The number of allylic oxidation sites excluding steroid dienone is 2. The van der Waals surface area contributed by atoms with Crippen molar-refractivity contribution in [3.63, 3.8) is 0 Å². The first kappa shape index (κ1) is 20.2. The molecule has 1 aliphatic heterocycles. The van der Waals surface area contributed by atoms with Crippen LogP contribution in [-0.2, 0) is 19.1 Å². The van der Waals surface area contributed by atoms with Gasteiger partial charge in [0.05, 0.1) is 23.1 Å². The summed E-state index contributed by atoms with van der Waals surface area (Å²) >= 11 is 0. The van der Waals surface area contributed by atoms with E-state index in [0.717, 1.165) is 6.42 Å². The van der Waals surface area contributed by atoms with Crippen LogP contribution in [0.25, 0.3) is 0 Å². The molecule has 2 aromatic rings. The predicted molar refractivity (Wildman–Crippen MR) is 111 cm³/mol. The second kappa shape index (κ2) is 7.44. The molecule has 9 heteroatoms. The molecule has 1 saturated heterocycles. The van der Waals surface area contributed by atoms with E-state index in [9.17, 15) is 19.2 Å². The van der Waals surface area contributed by atoms with Gasteiger partial charge in [0.2, 0.25) is 11.8 Å². The Hall–Kier alpha value is -3.75. The van der Waals surface area contributed by atoms with E-state index in [1.54, 1.807) is 19.1 Å². The Morgan fingerprint density at radius 2 is 1.88 bits per heavy atom. The van der Waals surface area contributed by atoms with Gasteiger partial charge in [-0.25, -0.2) is 4.79 Å². The van der Waals surface area contributed by atoms with Crippen molar-refractivity contribution < 1.29 is 28.4 Å². The summed E-state index contributed by atoms with van der Waals surface area (Å²) in [5, 5.41) is 6.08. The number of nitrogens with zero attached hydrogens (tertiary/aromatic N) is 2. The molecule has 0 radical (unpaired) electrons. The fourth-order valence-corrected chi connectivity index (χ4v) is 5.09. The van der Waals surface area contributed by atoms with Gasteiger partial charge in [-0.1, -0.05) is 16.8 Å². The summed E-state index contributed by atoms with van der Waals surface area (Å²) in [6.07, 6.45) is 3.00. The number of benzene rings is 1. The summed E-state index contributed by atoms with van der Waals surface area (Å²) in [5.74, 6) is -1.12. The lowest BCUT2D eigenvalue weighted by molar-refractivity contribution is -0.123. The summed E-state index contributed by atoms with van der Waals surface area (Å²) in [5.41, 5.74) is 1.83. The topological polar surface area (TPSA) is 119 Å². The van der Waals surface area contributed by atoms with Crippen LogP contribution in [0.4, 0.5) is 11.5 Å². The van der Waals surface area contributed by atoms with Crippen molar-refractivity contribution >= 4 is 35.2 Å². The van der Waals surface area contributed by atoms with E-state index < -0.39 is 18.5 Å². The summed E-state index contributed by atoms with van der Waals surface area (Å²) in [7, 11) is 0. The summed E-state index contributed by atoms with van der Waals surface area (Å²) < 4.78 is 9.87. The van der Waals surface area contributed by atoms with Gasteiger partial charge in [-0.05, 0) is 56.4 Å². The van der Waals surface area contributed by atoms with Crippen LogP contribution in [0, 0.1) is 30.6 Å². The number of hydrogen-bond acceptors (Lipinski definition) is 7. The molecule has 2 bridgehead atoms. The third-order valence-corrected chi connectivity index (χ3v) is 6.47. The molecule has 1 aromatic carbocycles. The molecular weight excluding hydrogens is 414 g/mol. The molecule has 5 rings (SSSR count). The summed E-state index contributed by atoms with van der Waals surface area (Å²) in [6, 6.07) is 7.59. The van der Waals surface area contributed by atoms with E-state index in [1.165, 1.54) is 28.7 Å². The maximum atomic E-state index is 13.0. The number of hydrogen-bond donors (Lipinski definition) is 1. The maximum Gasteiger partial charge on any atom is 0.338 e. The number of aryl methyl sites for hydroxylation is 1. The average molecular weight is 435 g/mol. The van der Waals surface area contributed by atoms with Gasteiger partial charge < -0.3 is 14.6 Å². The molecule has 9 nitrogen and oxygen atoms in total. The van der Waals surface area contributed by atoms with E-state index in [1.807, 2.05) is 6.92 Å². The van der Waals surface area contributed by atoms with E-state index in [0.29, 0.717) is 11.4 Å². The normalized spacial score (nSPS) is 25.7. The fourth-order valence-electron chi connectivity index (χ4n) is 5.09. The minimum absolute atomic E-state index is 0.132. The van der Waals surface area contributed by atoms with Crippen molar-refractivity contribution in [3.05, 3.63) is 53.3 Å². The molecule has 4 atom stereocenters. The van der Waals surface area contributed by atoms with Crippen LogP contribution < -0.4 is 10.2 Å². The quantitative estimate of drug-likeness (QED) is 0.435. The number of amides is 3. The zero-order valence-electron chi connectivity index (χ0n) is 17.5. The number of nitrogens with one attached hydrogen (secondary N) is 1. The van der Waals surface area contributed by atoms with Crippen LogP contribution in [0.15, 0.2) is 46.5 Å². The zero-order valence-corrected chi connectivity index (χ0v) is 17.5. The molecule has 164 valence electrons. The molecule has 1 N–H and O–H groups in total. The highest BCUT2D eigenvalue weighted by molar-refractivity contribution is 6.23. The van der Waals surface area contributed by atoms with Gasteiger partial charge >= 0.3 is 5.97 Å². The van der Waals surface area contributed by atoms with E-state index in [4.69, 9.17) is 9.26 Å². The minimum Gasteiger partial charge on any atom is -0.452 e. The third-order valence-electron chi connectivity index (χ3n) is 6.47. The predicted octanol–water partition coefficient (Wildman–Crippen LogP) is 2.48. The van der Waals surface area contributed by atoms with E-state index in [2.05, 4.69) is 16.5 Å². The van der Waals surface area contributed by atoms with Crippen LogP contribution in [0.5, 0.6) is 0 Å². The smallest absolute Gasteiger partial charge is 0.338 e. The zero-order chi connectivity index (χ0) is 22.6. The lowest BCUT2D eigenvalue weighted by Crippen LogP contribution is -2.33. The molecule has 2 aliphatic carbocycles. The number of esters is 1. The molecule has 3 aliphatic rings. The monoisotopic (exact) mass is 435 g/mol. The number of anilines is 2. The second-order valence-corrected chi connectivity index (χ2v) is 8.47. The SMILES string of the molecule is CC1=C[C@H]2C[C@H]1[C@@H]1C(=O)N(c3ccc(C(=O)OCC(=O)Nc4cc(C)on4)cc3)C(=O)[C@@H]12. The Morgan fingerprint density at radius 1 is 1.16 bits per heavy atom. The maximum absolute atomic E-state index is 13.0. The number of fused-ring (bicyclic) bond motifs is 5. The molecule has 0 spiro atoms. The standard InChI is InChI=1S/C23H21N3O6/c1-11-7-14-9-16(11)20-19(14)21(28)26(22(20)29)15-5-3-13(4-6-15)23(30)31-10-18(27)24-17-8-12(2)32-25-17/h3-8,14,16,19-20H,9-10H2,1-2H3,(H,24,25,27)/t14-,16+,19+,20-/m0/s1. The van der Waals surface area contributed by atoms with Crippen LogP contribution in [0.1, 0.15) is 29.5 Å². The van der Waals surface area contributed by atoms with E-state index in [-0.39, 0.29) is 46.9 Å². The fraction of sp³-hybridized carbons (Fsp3) is 0.348. The number of aromatic nitrogens is 1. The Morgan fingerprint density at radius 3 is 2.56 bits per heavy atom. The molecule has 2 heterocycles. The highest BCUT2D eigenvalue weighted by Crippen LogP contribution is 2.55. The number of ether oxygens (including phenoxy) is 1. The highest BCUT2D eigenvalue weighted by atomic mass is 16.5. The van der Waals surface area contributed by atoms with Crippen LogP contribution >= 0.6 is 0 Å². The Labute approximate surface area is 183 Å². The molecule has 0 unspecified atom stereocenters.